The lowest BCUT2D eigenvalue weighted by atomic mass is 10.1. The summed E-state index contributed by atoms with van der Waals surface area (Å²) >= 11 is 0. The Labute approximate surface area is 91.5 Å². The highest BCUT2D eigenvalue weighted by molar-refractivity contribution is 5.23. The summed E-state index contributed by atoms with van der Waals surface area (Å²) in [5, 5.41) is 12.5. The fourth-order valence-corrected chi connectivity index (χ4v) is 1.82. The van der Waals surface area contributed by atoms with E-state index in [1.807, 2.05) is 13.8 Å². The monoisotopic (exact) mass is 211 g/mol. The summed E-state index contributed by atoms with van der Waals surface area (Å²) in [6.07, 6.45) is 0.927. The number of aliphatic hydroxyl groups excluding tert-OH is 1. The molecule has 1 aromatic heterocycles. The van der Waals surface area contributed by atoms with E-state index in [2.05, 4.69) is 25.2 Å². The molecule has 0 bridgehead atoms. The Kier molecular flexibility index (Phi) is 4.36. The molecule has 1 heterocycles. The van der Waals surface area contributed by atoms with Crippen LogP contribution in [0.2, 0.25) is 0 Å². The molecule has 86 valence electrons. The van der Waals surface area contributed by atoms with Gasteiger partial charge in [0, 0.05) is 17.6 Å². The molecule has 0 saturated carbocycles. The van der Waals surface area contributed by atoms with E-state index in [0.717, 1.165) is 17.9 Å². The number of aryl methyl sites for hydroxylation is 2. The Balaban J connectivity index is 2.67. The van der Waals surface area contributed by atoms with Crippen LogP contribution in [0.1, 0.15) is 43.4 Å². The van der Waals surface area contributed by atoms with Crippen LogP contribution in [0.5, 0.6) is 0 Å². The number of rotatable bonds is 5. The predicted octanol–water partition coefficient (Wildman–Crippen LogP) is 2.32. The van der Waals surface area contributed by atoms with Crippen molar-refractivity contribution in [1.29, 1.82) is 0 Å². The third kappa shape index (κ3) is 3.08. The fourth-order valence-electron chi connectivity index (χ4n) is 1.82. The molecule has 15 heavy (non-hydrogen) atoms. The first-order valence-corrected chi connectivity index (χ1v) is 5.52. The quantitative estimate of drug-likeness (QED) is 0.785. The van der Waals surface area contributed by atoms with E-state index in [9.17, 15) is 0 Å². The number of nitrogens with one attached hydrogen (secondary N) is 1. The van der Waals surface area contributed by atoms with Crippen molar-refractivity contribution in [2.24, 2.45) is 0 Å². The SMILES string of the molecule is CC[C@@H](CO)NC(C)c1cc(C)oc1C. The van der Waals surface area contributed by atoms with Crippen molar-refractivity contribution >= 4 is 0 Å². The molecule has 1 unspecified atom stereocenters. The summed E-state index contributed by atoms with van der Waals surface area (Å²) < 4.78 is 5.48. The van der Waals surface area contributed by atoms with Crippen molar-refractivity contribution in [3.63, 3.8) is 0 Å². The van der Waals surface area contributed by atoms with Crippen LogP contribution in [-0.2, 0) is 0 Å². The van der Waals surface area contributed by atoms with Crippen LogP contribution in [0.3, 0.4) is 0 Å². The maximum atomic E-state index is 9.11. The Hall–Kier alpha value is -0.800. The van der Waals surface area contributed by atoms with Gasteiger partial charge in [0.1, 0.15) is 11.5 Å². The van der Waals surface area contributed by atoms with Gasteiger partial charge in [0.05, 0.1) is 6.61 Å². The van der Waals surface area contributed by atoms with E-state index in [4.69, 9.17) is 9.52 Å². The third-order valence-corrected chi connectivity index (χ3v) is 2.74. The van der Waals surface area contributed by atoms with Crippen LogP contribution in [-0.4, -0.2) is 17.8 Å². The maximum Gasteiger partial charge on any atom is 0.105 e. The summed E-state index contributed by atoms with van der Waals surface area (Å²) in [6.45, 7) is 8.26. The number of aliphatic hydroxyl groups is 1. The zero-order chi connectivity index (χ0) is 11.4. The summed E-state index contributed by atoms with van der Waals surface area (Å²) in [5.74, 6) is 1.90. The number of hydrogen-bond donors (Lipinski definition) is 2. The molecule has 3 nitrogen and oxygen atoms in total. The zero-order valence-corrected chi connectivity index (χ0v) is 10.0. The molecule has 0 radical (unpaired) electrons. The van der Waals surface area contributed by atoms with Gasteiger partial charge in [0.2, 0.25) is 0 Å². The molecule has 0 aromatic carbocycles. The topological polar surface area (TPSA) is 45.4 Å². The first-order valence-electron chi connectivity index (χ1n) is 5.52. The Morgan fingerprint density at radius 2 is 2.13 bits per heavy atom. The van der Waals surface area contributed by atoms with Crippen molar-refractivity contribution < 1.29 is 9.52 Å². The molecule has 2 N–H and O–H groups in total. The molecular formula is C12H21NO2. The smallest absolute Gasteiger partial charge is 0.105 e. The third-order valence-electron chi connectivity index (χ3n) is 2.74. The molecule has 0 saturated heterocycles. The first kappa shape index (κ1) is 12.3. The lowest BCUT2D eigenvalue weighted by Gasteiger charge is -2.20. The minimum Gasteiger partial charge on any atom is -0.466 e. The molecule has 0 amide bonds. The normalized spacial score (nSPS) is 15.3. The minimum atomic E-state index is 0.162. The van der Waals surface area contributed by atoms with E-state index in [1.54, 1.807) is 0 Å². The standard InChI is InChI=1S/C12H21NO2/c1-5-11(7-14)13-9(3)12-6-8(2)15-10(12)4/h6,9,11,13-14H,5,7H2,1-4H3/t9?,11-/m0/s1. The van der Waals surface area contributed by atoms with Crippen molar-refractivity contribution in [2.75, 3.05) is 6.61 Å². The molecule has 0 fully saturated rings. The molecule has 1 rings (SSSR count). The second-order valence-electron chi connectivity index (χ2n) is 4.04. The second kappa shape index (κ2) is 5.33. The Morgan fingerprint density at radius 3 is 2.53 bits per heavy atom. The predicted molar refractivity (Wildman–Crippen MR) is 60.9 cm³/mol. The van der Waals surface area contributed by atoms with Crippen LogP contribution < -0.4 is 5.32 Å². The van der Waals surface area contributed by atoms with Gasteiger partial charge in [0.15, 0.2) is 0 Å². The highest BCUT2D eigenvalue weighted by atomic mass is 16.3. The van der Waals surface area contributed by atoms with Gasteiger partial charge in [-0.1, -0.05) is 6.92 Å². The van der Waals surface area contributed by atoms with Gasteiger partial charge in [-0.15, -0.1) is 0 Å². The Morgan fingerprint density at radius 1 is 1.47 bits per heavy atom. The van der Waals surface area contributed by atoms with E-state index in [-0.39, 0.29) is 18.7 Å². The van der Waals surface area contributed by atoms with Crippen LogP contribution >= 0.6 is 0 Å². The number of furan rings is 1. The summed E-state index contributed by atoms with van der Waals surface area (Å²) in [6, 6.07) is 2.44. The second-order valence-corrected chi connectivity index (χ2v) is 4.04. The van der Waals surface area contributed by atoms with Crippen LogP contribution in [0.25, 0.3) is 0 Å². The maximum absolute atomic E-state index is 9.11. The van der Waals surface area contributed by atoms with Gasteiger partial charge >= 0.3 is 0 Å². The molecule has 0 aliphatic carbocycles. The summed E-state index contributed by atoms with van der Waals surface area (Å²) in [7, 11) is 0. The average molecular weight is 211 g/mol. The van der Waals surface area contributed by atoms with Gasteiger partial charge in [-0.25, -0.2) is 0 Å². The molecular weight excluding hydrogens is 190 g/mol. The summed E-state index contributed by atoms with van der Waals surface area (Å²) in [5.41, 5.74) is 1.18. The van der Waals surface area contributed by atoms with Crippen LogP contribution in [0.4, 0.5) is 0 Å². The van der Waals surface area contributed by atoms with Gasteiger partial charge < -0.3 is 14.8 Å². The zero-order valence-electron chi connectivity index (χ0n) is 10.0. The fraction of sp³-hybridized carbons (Fsp3) is 0.667. The molecule has 3 heteroatoms. The van der Waals surface area contributed by atoms with Gasteiger partial charge in [-0.3, -0.25) is 0 Å². The van der Waals surface area contributed by atoms with Crippen LogP contribution in [0, 0.1) is 13.8 Å². The van der Waals surface area contributed by atoms with E-state index < -0.39 is 0 Å². The lowest BCUT2D eigenvalue weighted by Crippen LogP contribution is -2.33. The molecule has 0 spiro atoms. The van der Waals surface area contributed by atoms with E-state index in [0.29, 0.717) is 0 Å². The van der Waals surface area contributed by atoms with Gasteiger partial charge in [0.25, 0.3) is 0 Å². The Bertz CT molecular complexity index is 303. The van der Waals surface area contributed by atoms with E-state index in [1.165, 1.54) is 5.56 Å². The first-order chi connectivity index (χ1) is 7.08. The van der Waals surface area contributed by atoms with Crippen LogP contribution in [0.15, 0.2) is 10.5 Å². The van der Waals surface area contributed by atoms with Crippen molar-refractivity contribution in [2.45, 2.75) is 46.2 Å². The molecule has 1 aromatic rings. The van der Waals surface area contributed by atoms with E-state index >= 15 is 0 Å². The van der Waals surface area contributed by atoms with Crippen molar-refractivity contribution in [1.82, 2.24) is 5.32 Å². The minimum absolute atomic E-state index is 0.162. The largest absolute Gasteiger partial charge is 0.466 e. The highest BCUT2D eigenvalue weighted by Gasteiger charge is 2.15. The molecule has 0 aliphatic rings. The molecule has 0 aliphatic heterocycles. The average Bonchev–Trinajstić information content (AvgIpc) is 2.54. The van der Waals surface area contributed by atoms with Crippen molar-refractivity contribution in [3.8, 4) is 0 Å². The summed E-state index contributed by atoms with van der Waals surface area (Å²) in [4.78, 5) is 0. The lowest BCUT2D eigenvalue weighted by molar-refractivity contribution is 0.230. The molecule has 2 atom stereocenters. The van der Waals surface area contributed by atoms with Crippen molar-refractivity contribution in [3.05, 3.63) is 23.2 Å². The highest BCUT2D eigenvalue weighted by Crippen LogP contribution is 2.21. The van der Waals surface area contributed by atoms with Gasteiger partial charge in [-0.2, -0.15) is 0 Å². The van der Waals surface area contributed by atoms with Gasteiger partial charge in [-0.05, 0) is 33.3 Å². The number of hydrogen-bond acceptors (Lipinski definition) is 3.